The van der Waals surface area contributed by atoms with Crippen molar-refractivity contribution in [3.05, 3.63) is 52.3 Å². The van der Waals surface area contributed by atoms with Crippen molar-refractivity contribution in [1.29, 1.82) is 0 Å². The van der Waals surface area contributed by atoms with Crippen molar-refractivity contribution in [3.8, 4) is 22.8 Å². The number of hydrogen-bond acceptors (Lipinski definition) is 4. The molecule has 1 aliphatic rings. The van der Waals surface area contributed by atoms with Gasteiger partial charge < -0.3 is 5.32 Å². The van der Waals surface area contributed by atoms with Gasteiger partial charge in [0, 0.05) is 18.3 Å². The van der Waals surface area contributed by atoms with Gasteiger partial charge in [-0.3, -0.25) is 9.48 Å². The SMILES string of the molecule is O=C1NCCn2nc(-c3ccnc(-c4cc(C(F)(F)F)c(Cl)c(C(F)(F)F)c4)n3)cc21. The summed E-state index contributed by atoms with van der Waals surface area (Å²) in [5, 5.41) is 5.40. The van der Waals surface area contributed by atoms with Crippen LogP contribution in [0.5, 0.6) is 0 Å². The molecule has 0 unspecified atom stereocenters. The van der Waals surface area contributed by atoms with Crippen LogP contribution < -0.4 is 5.32 Å². The molecule has 13 heteroatoms. The number of aromatic nitrogens is 4. The molecule has 0 radical (unpaired) electrons. The number of fused-ring (bicyclic) bond motifs is 1. The van der Waals surface area contributed by atoms with Crippen LogP contribution in [0, 0.1) is 0 Å². The van der Waals surface area contributed by atoms with Crippen LogP contribution in [-0.4, -0.2) is 32.2 Å². The summed E-state index contributed by atoms with van der Waals surface area (Å²) in [5.41, 5.74) is -3.23. The van der Waals surface area contributed by atoms with Crippen molar-refractivity contribution < 1.29 is 31.1 Å². The maximum Gasteiger partial charge on any atom is 0.417 e. The fourth-order valence-corrected chi connectivity index (χ4v) is 3.39. The highest BCUT2D eigenvalue weighted by molar-refractivity contribution is 6.32. The number of nitrogens with zero attached hydrogens (tertiary/aromatic N) is 4. The van der Waals surface area contributed by atoms with E-state index >= 15 is 0 Å². The van der Waals surface area contributed by atoms with Crippen LogP contribution in [-0.2, 0) is 18.9 Å². The van der Waals surface area contributed by atoms with Gasteiger partial charge >= 0.3 is 12.4 Å². The average molecular weight is 462 g/mol. The summed E-state index contributed by atoms with van der Waals surface area (Å²) in [6, 6.07) is 3.72. The minimum atomic E-state index is -5.12. The third kappa shape index (κ3) is 3.94. The molecule has 4 rings (SSSR count). The first-order chi connectivity index (χ1) is 14.4. The molecular formula is C18H10ClF6N5O. The number of halogens is 7. The monoisotopic (exact) mass is 461 g/mol. The molecule has 3 heterocycles. The van der Waals surface area contributed by atoms with Gasteiger partial charge in [0.15, 0.2) is 5.82 Å². The molecule has 2 aromatic heterocycles. The number of carbonyl (C=O) groups excluding carboxylic acids is 1. The first-order valence-electron chi connectivity index (χ1n) is 8.63. The van der Waals surface area contributed by atoms with Crippen LogP contribution in [0.1, 0.15) is 21.6 Å². The normalized spacial score (nSPS) is 14.4. The molecule has 31 heavy (non-hydrogen) atoms. The van der Waals surface area contributed by atoms with Crippen LogP contribution in [0.2, 0.25) is 5.02 Å². The standard InChI is InChI=1S/C18H10ClF6N5O/c19-14-9(17(20,21)22)5-8(6-10(14)18(23,24)25)15-26-2-1-11(28-15)12-7-13-16(31)27-3-4-30(13)29-12/h1-2,5-7H,3-4H2,(H,27,31). The largest absolute Gasteiger partial charge is 0.417 e. The molecule has 0 spiro atoms. The Morgan fingerprint density at radius 3 is 2.23 bits per heavy atom. The van der Waals surface area contributed by atoms with E-state index in [4.69, 9.17) is 11.6 Å². The third-order valence-corrected chi connectivity index (χ3v) is 4.89. The Morgan fingerprint density at radius 1 is 1.00 bits per heavy atom. The van der Waals surface area contributed by atoms with Crippen molar-refractivity contribution in [2.75, 3.05) is 6.54 Å². The Kier molecular flexibility index (Phi) is 4.91. The van der Waals surface area contributed by atoms with E-state index in [-0.39, 0.29) is 28.8 Å². The highest BCUT2D eigenvalue weighted by Crippen LogP contribution is 2.44. The zero-order valence-electron chi connectivity index (χ0n) is 15.1. The van der Waals surface area contributed by atoms with Gasteiger partial charge in [-0.05, 0) is 24.3 Å². The number of carbonyl (C=O) groups is 1. The van der Waals surface area contributed by atoms with E-state index < -0.39 is 34.1 Å². The summed E-state index contributed by atoms with van der Waals surface area (Å²) < 4.78 is 81.1. The predicted octanol–water partition coefficient (Wildman–Crippen LogP) is 4.44. The molecule has 162 valence electrons. The zero-order valence-corrected chi connectivity index (χ0v) is 15.9. The second-order valence-electron chi connectivity index (χ2n) is 6.54. The third-order valence-electron chi connectivity index (χ3n) is 4.48. The van der Waals surface area contributed by atoms with Crippen LogP contribution in [0.15, 0.2) is 30.5 Å². The van der Waals surface area contributed by atoms with Gasteiger partial charge in [0.2, 0.25) is 0 Å². The molecule has 0 aliphatic carbocycles. The number of hydrogen-bond donors (Lipinski definition) is 1. The van der Waals surface area contributed by atoms with E-state index in [2.05, 4.69) is 20.4 Å². The number of rotatable bonds is 2. The van der Waals surface area contributed by atoms with Crippen LogP contribution in [0.4, 0.5) is 26.3 Å². The lowest BCUT2D eigenvalue weighted by Crippen LogP contribution is -2.35. The lowest BCUT2D eigenvalue weighted by Gasteiger charge is -2.16. The van der Waals surface area contributed by atoms with E-state index in [1.54, 1.807) is 0 Å². The Balaban J connectivity index is 1.84. The molecule has 0 saturated carbocycles. The van der Waals surface area contributed by atoms with Gasteiger partial charge in [0.1, 0.15) is 11.4 Å². The van der Waals surface area contributed by atoms with Crippen LogP contribution in [0.3, 0.4) is 0 Å². The fourth-order valence-electron chi connectivity index (χ4n) is 3.07. The lowest BCUT2D eigenvalue weighted by atomic mass is 10.0. The summed E-state index contributed by atoms with van der Waals surface area (Å²) in [5.74, 6) is -0.748. The molecule has 1 aliphatic heterocycles. The topological polar surface area (TPSA) is 72.7 Å². The zero-order chi connectivity index (χ0) is 22.6. The number of amides is 1. The van der Waals surface area contributed by atoms with Gasteiger partial charge in [-0.15, -0.1) is 0 Å². The van der Waals surface area contributed by atoms with E-state index in [0.717, 1.165) is 0 Å². The average Bonchev–Trinajstić information content (AvgIpc) is 3.12. The Bertz CT molecular complexity index is 1150. The molecule has 1 amide bonds. The molecule has 0 atom stereocenters. The number of nitrogens with one attached hydrogen (secondary N) is 1. The Morgan fingerprint density at radius 2 is 1.65 bits per heavy atom. The molecule has 0 fully saturated rings. The number of alkyl halides is 6. The Labute approximate surface area is 174 Å². The quantitative estimate of drug-likeness (QED) is 0.573. The summed E-state index contributed by atoms with van der Waals surface area (Å²) in [4.78, 5) is 19.7. The minimum Gasteiger partial charge on any atom is -0.349 e. The van der Waals surface area contributed by atoms with E-state index in [1.165, 1.54) is 23.0 Å². The maximum atomic E-state index is 13.3. The Hall–Kier alpha value is -3.15. The highest BCUT2D eigenvalue weighted by atomic mass is 35.5. The van der Waals surface area contributed by atoms with E-state index in [1.807, 2.05) is 0 Å². The first kappa shape index (κ1) is 21.1. The van der Waals surface area contributed by atoms with Gasteiger partial charge in [0.25, 0.3) is 5.91 Å². The fraction of sp³-hybridized carbons (Fsp3) is 0.222. The smallest absolute Gasteiger partial charge is 0.349 e. The minimum absolute atomic E-state index is 0.122. The molecule has 0 saturated heterocycles. The summed E-state index contributed by atoms with van der Waals surface area (Å²) >= 11 is 5.40. The first-order valence-corrected chi connectivity index (χ1v) is 9.01. The lowest BCUT2D eigenvalue weighted by molar-refractivity contribution is -0.142. The molecule has 6 nitrogen and oxygen atoms in total. The van der Waals surface area contributed by atoms with Crippen LogP contribution >= 0.6 is 11.6 Å². The summed E-state index contributed by atoms with van der Waals surface area (Å²) in [6.07, 6.45) is -9.08. The van der Waals surface area contributed by atoms with Crippen molar-refractivity contribution >= 4 is 17.5 Å². The van der Waals surface area contributed by atoms with Crippen LogP contribution in [0.25, 0.3) is 22.8 Å². The van der Waals surface area contributed by atoms with Gasteiger partial charge in [-0.25, -0.2) is 9.97 Å². The maximum absolute atomic E-state index is 13.3. The highest BCUT2D eigenvalue weighted by Gasteiger charge is 2.41. The predicted molar refractivity (Wildman–Crippen MR) is 96.0 cm³/mol. The molecular weight excluding hydrogens is 452 g/mol. The summed E-state index contributed by atoms with van der Waals surface area (Å²) in [7, 11) is 0. The van der Waals surface area contributed by atoms with Gasteiger partial charge in [-0.2, -0.15) is 31.4 Å². The number of benzene rings is 1. The van der Waals surface area contributed by atoms with Crippen molar-refractivity contribution in [3.63, 3.8) is 0 Å². The molecule has 3 aromatic rings. The second kappa shape index (κ2) is 7.22. The molecule has 1 N–H and O–H groups in total. The molecule has 1 aromatic carbocycles. The molecule has 0 bridgehead atoms. The summed E-state index contributed by atoms with van der Waals surface area (Å²) in [6.45, 7) is 0.771. The van der Waals surface area contributed by atoms with Crippen molar-refractivity contribution in [2.24, 2.45) is 0 Å². The second-order valence-corrected chi connectivity index (χ2v) is 6.92. The van der Waals surface area contributed by atoms with Gasteiger partial charge in [-0.1, -0.05) is 11.6 Å². The van der Waals surface area contributed by atoms with E-state index in [9.17, 15) is 31.1 Å². The van der Waals surface area contributed by atoms with Crippen molar-refractivity contribution in [1.82, 2.24) is 25.1 Å². The van der Waals surface area contributed by atoms with Gasteiger partial charge in [0.05, 0.1) is 28.4 Å². The van der Waals surface area contributed by atoms with Crippen molar-refractivity contribution in [2.45, 2.75) is 18.9 Å². The van der Waals surface area contributed by atoms with E-state index in [0.29, 0.717) is 25.2 Å².